The summed E-state index contributed by atoms with van der Waals surface area (Å²) >= 11 is 0. The summed E-state index contributed by atoms with van der Waals surface area (Å²) in [6, 6.07) is 4.01. The van der Waals surface area contributed by atoms with Gasteiger partial charge in [-0.2, -0.15) is 13.2 Å². The number of benzene rings is 1. The van der Waals surface area contributed by atoms with Gasteiger partial charge in [0.15, 0.2) is 0 Å². The largest absolute Gasteiger partial charge is 0.416 e. The molecule has 2 atom stereocenters. The second-order valence-electron chi connectivity index (χ2n) is 4.75. The van der Waals surface area contributed by atoms with E-state index < -0.39 is 11.7 Å². The first-order chi connectivity index (χ1) is 8.88. The number of carbonyl (C=O) groups is 1. The summed E-state index contributed by atoms with van der Waals surface area (Å²) in [5.74, 6) is -0.379. The normalized spacial score (nSPS) is 23.4. The number of hydrogen-bond donors (Lipinski definition) is 2. The van der Waals surface area contributed by atoms with E-state index in [1.54, 1.807) is 0 Å². The van der Waals surface area contributed by atoms with Crippen molar-refractivity contribution < 1.29 is 18.0 Å². The highest BCUT2D eigenvalue weighted by atomic mass is 19.4. The van der Waals surface area contributed by atoms with Crippen LogP contribution in [0.15, 0.2) is 24.3 Å². The van der Waals surface area contributed by atoms with Gasteiger partial charge in [0, 0.05) is 17.6 Å². The van der Waals surface area contributed by atoms with Crippen LogP contribution in [0.3, 0.4) is 0 Å². The molecule has 0 bridgehead atoms. The molecule has 0 aromatic heterocycles. The Hall–Kier alpha value is -1.56. The van der Waals surface area contributed by atoms with Gasteiger partial charge in [-0.25, -0.2) is 0 Å². The van der Waals surface area contributed by atoms with Gasteiger partial charge in [0.05, 0.1) is 5.56 Å². The Balaban J connectivity index is 2.03. The highest BCUT2D eigenvalue weighted by molar-refractivity contribution is 5.94. The summed E-state index contributed by atoms with van der Waals surface area (Å²) in [6.45, 7) is 0. The van der Waals surface area contributed by atoms with Crippen molar-refractivity contribution in [3.63, 3.8) is 0 Å². The van der Waals surface area contributed by atoms with E-state index in [1.165, 1.54) is 12.1 Å². The fourth-order valence-corrected chi connectivity index (χ4v) is 2.23. The minimum atomic E-state index is -4.39. The van der Waals surface area contributed by atoms with Crippen LogP contribution in [0.4, 0.5) is 13.2 Å². The minimum absolute atomic E-state index is 0.0709. The highest BCUT2D eigenvalue weighted by Crippen LogP contribution is 2.29. The summed E-state index contributed by atoms with van der Waals surface area (Å²) in [7, 11) is 0. The Bertz CT molecular complexity index is 456. The molecule has 1 aliphatic carbocycles. The molecular formula is C13H15F3N2O. The number of nitrogens with one attached hydrogen (secondary N) is 1. The van der Waals surface area contributed by atoms with Crippen LogP contribution in [0.2, 0.25) is 0 Å². The maximum absolute atomic E-state index is 12.4. The molecule has 1 aliphatic rings. The fourth-order valence-electron chi connectivity index (χ4n) is 2.23. The van der Waals surface area contributed by atoms with E-state index in [2.05, 4.69) is 5.32 Å². The summed E-state index contributed by atoms with van der Waals surface area (Å²) < 4.78 is 37.1. The lowest BCUT2D eigenvalue weighted by Gasteiger charge is -2.17. The van der Waals surface area contributed by atoms with Crippen molar-refractivity contribution in [2.45, 2.75) is 37.5 Å². The fraction of sp³-hybridized carbons (Fsp3) is 0.462. The van der Waals surface area contributed by atoms with Crippen LogP contribution in [-0.2, 0) is 6.18 Å². The zero-order chi connectivity index (χ0) is 14.0. The van der Waals surface area contributed by atoms with Crippen LogP contribution in [-0.4, -0.2) is 18.0 Å². The Kier molecular flexibility index (Phi) is 3.80. The molecule has 19 heavy (non-hydrogen) atoms. The predicted molar refractivity (Wildman–Crippen MR) is 64.5 cm³/mol. The molecular weight excluding hydrogens is 257 g/mol. The van der Waals surface area contributed by atoms with Crippen molar-refractivity contribution in [3.05, 3.63) is 35.4 Å². The molecule has 6 heteroatoms. The molecule has 1 aromatic rings. The Morgan fingerprint density at radius 2 is 1.84 bits per heavy atom. The molecule has 3 N–H and O–H groups in total. The summed E-state index contributed by atoms with van der Waals surface area (Å²) in [4.78, 5) is 11.9. The van der Waals surface area contributed by atoms with Gasteiger partial charge in [-0.15, -0.1) is 0 Å². The standard InChI is InChI=1S/C13H15F3N2O/c14-13(15,16)9-6-4-8(5-7-9)12(19)18-11-3-1-2-10(11)17/h4-7,10-11H,1-3,17H2,(H,18,19). The van der Waals surface area contributed by atoms with E-state index in [0.717, 1.165) is 31.4 Å². The molecule has 104 valence electrons. The van der Waals surface area contributed by atoms with E-state index >= 15 is 0 Å². The van der Waals surface area contributed by atoms with Crippen molar-refractivity contribution in [2.75, 3.05) is 0 Å². The number of rotatable bonds is 2. The quantitative estimate of drug-likeness (QED) is 0.868. The van der Waals surface area contributed by atoms with Crippen LogP contribution < -0.4 is 11.1 Å². The molecule has 1 saturated carbocycles. The number of hydrogen-bond acceptors (Lipinski definition) is 2. The molecule has 0 saturated heterocycles. The third kappa shape index (κ3) is 3.26. The molecule has 1 amide bonds. The van der Waals surface area contributed by atoms with Gasteiger partial charge in [-0.1, -0.05) is 0 Å². The summed E-state index contributed by atoms with van der Waals surface area (Å²) in [5.41, 5.74) is 5.28. The van der Waals surface area contributed by atoms with Crippen LogP contribution >= 0.6 is 0 Å². The summed E-state index contributed by atoms with van der Waals surface area (Å²) in [5, 5.41) is 2.76. The zero-order valence-corrected chi connectivity index (χ0v) is 10.2. The molecule has 0 radical (unpaired) electrons. The van der Waals surface area contributed by atoms with Crippen molar-refractivity contribution >= 4 is 5.91 Å². The van der Waals surface area contributed by atoms with E-state index in [9.17, 15) is 18.0 Å². The third-order valence-corrected chi connectivity index (χ3v) is 3.36. The van der Waals surface area contributed by atoms with Gasteiger partial charge < -0.3 is 11.1 Å². The maximum Gasteiger partial charge on any atom is 0.416 e. The van der Waals surface area contributed by atoms with Gasteiger partial charge in [0.2, 0.25) is 0 Å². The number of halogens is 3. The average Bonchev–Trinajstić information content (AvgIpc) is 2.74. The van der Waals surface area contributed by atoms with Crippen molar-refractivity contribution in [1.29, 1.82) is 0 Å². The Morgan fingerprint density at radius 1 is 1.21 bits per heavy atom. The monoisotopic (exact) mass is 272 g/mol. The first-order valence-corrected chi connectivity index (χ1v) is 6.11. The van der Waals surface area contributed by atoms with Gasteiger partial charge in [-0.05, 0) is 43.5 Å². The van der Waals surface area contributed by atoms with Gasteiger partial charge in [0.1, 0.15) is 0 Å². The van der Waals surface area contributed by atoms with Crippen LogP contribution in [0.1, 0.15) is 35.2 Å². The number of amides is 1. The molecule has 1 aromatic carbocycles. The number of alkyl halides is 3. The van der Waals surface area contributed by atoms with Crippen LogP contribution in [0, 0.1) is 0 Å². The number of carbonyl (C=O) groups excluding carboxylic acids is 1. The molecule has 0 heterocycles. The summed E-state index contributed by atoms with van der Waals surface area (Å²) in [6.07, 6.45) is -1.76. The molecule has 2 unspecified atom stereocenters. The van der Waals surface area contributed by atoms with Crippen molar-refractivity contribution in [2.24, 2.45) is 5.73 Å². The predicted octanol–water partition coefficient (Wildman–Crippen LogP) is 2.32. The SMILES string of the molecule is NC1CCCC1NC(=O)c1ccc(C(F)(F)F)cc1. The lowest BCUT2D eigenvalue weighted by molar-refractivity contribution is -0.137. The van der Waals surface area contributed by atoms with Crippen LogP contribution in [0.25, 0.3) is 0 Å². The van der Waals surface area contributed by atoms with E-state index in [-0.39, 0.29) is 23.6 Å². The zero-order valence-electron chi connectivity index (χ0n) is 10.2. The second-order valence-corrected chi connectivity index (χ2v) is 4.75. The lowest BCUT2D eigenvalue weighted by Crippen LogP contribution is -2.43. The van der Waals surface area contributed by atoms with Crippen LogP contribution in [0.5, 0.6) is 0 Å². The Morgan fingerprint density at radius 3 is 2.32 bits per heavy atom. The van der Waals surface area contributed by atoms with E-state index in [4.69, 9.17) is 5.73 Å². The molecule has 2 rings (SSSR count). The topological polar surface area (TPSA) is 55.1 Å². The molecule has 0 aliphatic heterocycles. The van der Waals surface area contributed by atoms with Gasteiger partial charge >= 0.3 is 6.18 Å². The third-order valence-electron chi connectivity index (χ3n) is 3.36. The molecule has 0 spiro atoms. The first-order valence-electron chi connectivity index (χ1n) is 6.11. The highest BCUT2D eigenvalue weighted by Gasteiger charge is 2.30. The second kappa shape index (κ2) is 5.21. The first kappa shape index (κ1) is 13.9. The lowest BCUT2D eigenvalue weighted by atomic mass is 10.1. The van der Waals surface area contributed by atoms with Gasteiger partial charge in [0.25, 0.3) is 5.91 Å². The van der Waals surface area contributed by atoms with E-state index in [0.29, 0.717) is 0 Å². The minimum Gasteiger partial charge on any atom is -0.348 e. The van der Waals surface area contributed by atoms with Crippen molar-refractivity contribution in [1.82, 2.24) is 5.32 Å². The van der Waals surface area contributed by atoms with Crippen molar-refractivity contribution in [3.8, 4) is 0 Å². The Labute approximate surface area is 109 Å². The smallest absolute Gasteiger partial charge is 0.348 e. The number of nitrogens with two attached hydrogens (primary N) is 1. The molecule has 3 nitrogen and oxygen atoms in total. The average molecular weight is 272 g/mol. The van der Waals surface area contributed by atoms with Gasteiger partial charge in [-0.3, -0.25) is 4.79 Å². The molecule has 1 fully saturated rings. The maximum atomic E-state index is 12.4. The van der Waals surface area contributed by atoms with E-state index in [1.807, 2.05) is 0 Å².